The van der Waals surface area contributed by atoms with Crippen LogP contribution < -0.4 is 11.1 Å². The number of nitrogens with one attached hydrogen (secondary N) is 1. The second kappa shape index (κ2) is 5.59. The fraction of sp³-hybridized carbons (Fsp3) is 0.462. The molecule has 1 aromatic rings. The smallest absolute Gasteiger partial charge is 0.229 e. The Morgan fingerprint density at radius 1 is 1.50 bits per heavy atom. The highest BCUT2D eigenvalue weighted by Gasteiger charge is 2.30. The van der Waals surface area contributed by atoms with Crippen LogP contribution >= 0.6 is 27.5 Å². The number of carbonyl (C=O) groups excluding carboxylic acids is 1. The van der Waals surface area contributed by atoms with E-state index in [2.05, 4.69) is 21.2 Å². The van der Waals surface area contributed by atoms with Gasteiger partial charge in [0.2, 0.25) is 5.91 Å². The highest BCUT2D eigenvalue weighted by Crippen LogP contribution is 2.31. The third kappa shape index (κ3) is 2.87. The number of aryl methyl sites for hydroxylation is 1. The number of rotatable bonds is 2. The molecule has 0 aliphatic heterocycles. The van der Waals surface area contributed by atoms with Gasteiger partial charge >= 0.3 is 0 Å². The van der Waals surface area contributed by atoms with Crippen molar-refractivity contribution in [1.82, 2.24) is 0 Å². The van der Waals surface area contributed by atoms with E-state index in [-0.39, 0.29) is 17.9 Å². The van der Waals surface area contributed by atoms with Gasteiger partial charge in [0, 0.05) is 15.5 Å². The molecule has 1 saturated carbocycles. The molecule has 1 fully saturated rings. The molecule has 0 saturated heterocycles. The maximum atomic E-state index is 12.1. The maximum Gasteiger partial charge on any atom is 0.229 e. The lowest BCUT2D eigenvalue weighted by molar-refractivity contribution is -0.120. The topological polar surface area (TPSA) is 55.1 Å². The zero-order valence-corrected chi connectivity index (χ0v) is 12.5. The summed E-state index contributed by atoms with van der Waals surface area (Å²) in [6.07, 6.45) is 2.81. The Labute approximate surface area is 120 Å². The molecule has 2 atom stereocenters. The Hall–Kier alpha value is -0.580. The van der Waals surface area contributed by atoms with E-state index in [9.17, 15) is 4.79 Å². The van der Waals surface area contributed by atoms with Crippen molar-refractivity contribution in [3.8, 4) is 0 Å². The number of nitrogens with two attached hydrogens (primary N) is 1. The molecule has 2 rings (SSSR count). The minimum Gasteiger partial charge on any atom is -0.327 e. The average Bonchev–Trinajstić information content (AvgIpc) is 2.72. The van der Waals surface area contributed by atoms with E-state index >= 15 is 0 Å². The molecule has 3 N–H and O–H groups in total. The van der Waals surface area contributed by atoms with Crippen LogP contribution in [0.15, 0.2) is 16.6 Å². The Morgan fingerprint density at radius 2 is 2.22 bits per heavy atom. The number of halogens is 2. The van der Waals surface area contributed by atoms with E-state index < -0.39 is 0 Å². The quantitative estimate of drug-likeness (QED) is 0.871. The third-order valence-corrected chi connectivity index (χ3v) is 4.48. The number of amides is 1. The van der Waals surface area contributed by atoms with Gasteiger partial charge in [0.05, 0.1) is 11.6 Å². The number of hydrogen-bond acceptors (Lipinski definition) is 2. The van der Waals surface area contributed by atoms with Gasteiger partial charge in [-0.1, -0.05) is 18.0 Å². The van der Waals surface area contributed by atoms with Crippen LogP contribution in [0.25, 0.3) is 0 Å². The van der Waals surface area contributed by atoms with Gasteiger partial charge in [-0.15, -0.1) is 0 Å². The summed E-state index contributed by atoms with van der Waals surface area (Å²) in [6.45, 7) is 1.92. The van der Waals surface area contributed by atoms with Crippen LogP contribution in [0.5, 0.6) is 0 Å². The minimum atomic E-state index is -0.0861. The molecule has 0 radical (unpaired) electrons. The van der Waals surface area contributed by atoms with Crippen LogP contribution in [0.3, 0.4) is 0 Å². The molecule has 3 nitrogen and oxygen atoms in total. The molecule has 0 spiro atoms. The first kappa shape index (κ1) is 13.8. The largest absolute Gasteiger partial charge is 0.327 e. The number of carbonyl (C=O) groups is 1. The highest BCUT2D eigenvalue weighted by atomic mass is 79.9. The number of hydrogen-bond donors (Lipinski definition) is 2. The molecule has 1 amide bonds. The normalized spacial score (nSPS) is 23.1. The zero-order chi connectivity index (χ0) is 13.3. The molecule has 2 unspecified atom stereocenters. The first-order chi connectivity index (χ1) is 8.49. The van der Waals surface area contributed by atoms with Crippen molar-refractivity contribution in [3.05, 3.63) is 27.2 Å². The molecular weight excluding hydrogens is 316 g/mol. The highest BCUT2D eigenvalue weighted by molar-refractivity contribution is 9.10. The van der Waals surface area contributed by atoms with Crippen molar-refractivity contribution < 1.29 is 4.79 Å². The molecule has 1 aliphatic carbocycles. The van der Waals surface area contributed by atoms with E-state index in [0.717, 1.165) is 29.3 Å². The third-order valence-electron chi connectivity index (χ3n) is 3.41. The lowest BCUT2D eigenvalue weighted by Gasteiger charge is -2.16. The minimum absolute atomic E-state index is 0.0133. The van der Waals surface area contributed by atoms with Crippen LogP contribution in [0, 0.1) is 12.8 Å². The molecule has 0 heterocycles. The number of anilines is 1. The van der Waals surface area contributed by atoms with Gasteiger partial charge in [-0.2, -0.15) is 0 Å². The van der Waals surface area contributed by atoms with Crippen molar-refractivity contribution in [2.75, 3.05) is 5.32 Å². The molecule has 0 aromatic heterocycles. The number of benzene rings is 1. The van der Waals surface area contributed by atoms with Crippen LogP contribution in [-0.4, -0.2) is 11.9 Å². The van der Waals surface area contributed by atoms with E-state index in [0.29, 0.717) is 10.7 Å². The van der Waals surface area contributed by atoms with Gasteiger partial charge in [-0.05, 0) is 53.4 Å². The molecule has 1 aromatic carbocycles. The van der Waals surface area contributed by atoms with Crippen molar-refractivity contribution in [3.63, 3.8) is 0 Å². The van der Waals surface area contributed by atoms with Gasteiger partial charge in [0.25, 0.3) is 0 Å². The van der Waals surface area contributed by atoms with Crippen LogP contribution in [0.4, 0.5) is 5.69 Å². The van der Waals surface area contributed by atoms with Crippen LogP contribution in [0.1, 0.15) is 24.8 Å². The summed E-state index contributed by atoms with van der Waals surface area (Å²) >= 11 is 9.49. The van der Waals surface area contributed by atoms with E-state index in [1.807, 2.05) is 13.0 Å². The molecule has 5 heteroatoms. The molecule has 98 valence electrons. The zero-order valence-electron chi connectivity index (χ0n) is 10.2. The molecule has 18 heavy (non-hydrogen) atoms. The van der Waals surface area contributed by atoms with Crippen molar-refractivity contribution in [2.24, 2.45) is 11.7 Å². The molecule has 0 bridgehead atoms. The predicted octanol–water partition coefficient (Wildman–Crippen LogP) is 3.48. The fourth-order valence-electron chi connectivity index (χ4n) is 2.28. The van der Waals surface area contributed by atoms with E-state index in [4.69, 9.17) is 17.3 Å². The van der Waals surface area contributed by atoms with Gasteiger partial charge in [0.1, 0.15) is 0 Å². The predicted molar refractivity (Wildman–Crippen MR) is 77.8 cm³/mol. The summed E-state index contributed by atoms with van der Waals surface area (Å²) in [6, 6.07) is 3.64. The van der Waals surface area contributed by atoms with Gasteiger partial charge < -0.3 is 11.1 Å². The van der Waals surface area contributed by atoms with Gasteiger partial charge in [-0.25, -0.2) is 0 Å². The first-order valence-electron chi connectivity index (χ1n) is 6.01. The summed E-state index contributed by atoms with van der Waals surface area (Å²) in [5, 5.41) is 3.54. The maximum absolute atomic E-state index is 12.1. The second-order valence-electron chi connectivity index (χ2n) is 4.77. The molecule has 1 aliphatic rings. The summed E-state index contributed by atoms with van der Waals surface area (Å²) in [7, 11) is 0. The van der Waals surface area contributed by atoms with Crippen molar-refractivity contribution >= 4 is 39.1 Å². The SMILES string of the molecule is Cc1cc(Br)c(NC(=O)C2CCCC2N)cc1Cl. The standard InChI is InChI=1S/C13H16BrClN2O/c1-7-5-9(14)12(6-10(7)15)17-13(18)8-3-2-4-11(8)16/h5-6,8,11H,2-4,16H2,1H3,(H,17,18). The average molecular weight is 332 g/mol. The first-order valence-corrected chi connectivity index (χ1v) is 7.18. The summed E-state index contributed by atoms with van der Waals surface area (Å²) in [5.41, 5.74) is 7.60. The summed E-state index contributed by atoms with van der Waals surface area (Å²) in [5.74, 6) is -0.0994. The summed E-state index contributed by atoms with van der Waals surface area (Å²) in [4.78, 5) is 12.1. The lowest BCUT2D eigenvalue weighted by atomic mass is 10.0. The Morgan fingerprint density at radius 3 is 2.83 bits per heavy atom. The second-order valence-corrected chi connectivity index (χ2v) is 6.03. The monoisotopic (exact) mass is 330 g/mol. The van der Waals surface area contributed by atoms with Crippen molar-refractivity contribution in [2.45, 2.75) is 32.2 Å². The fourth-order valence-corrected chi connectivity index (χ4v) is 3.00. The van der Waals surface area contributed by atoms with Gasteiger partial charge in [-0.3, -0.25) is 4.79 Å². The van der Waals surface area contributed by atoms with Crippen LogP contribution in [-0.2, 0) is 4.79 Å². The van der Waals surface area contributed by atoms with Crippen molar-refractivity contribution in [1.29, 1.82) is 0 Å². The Bertz CT molecular complexity index is 478. The Kier molecular flexibility index (Phi) is 4.30. The Balaban J connectivity index is 2.14. The van der Waals surface area contributed by atoms with Gasteiger partial charge in [0.15, 0.2) is 0 Å². The van der Waals surface area contributed by atoms with Crippen LogP contribution in [0.2, 0.25) is 5.02 Å². The van der Waals surface area contributed by atoms with E-state index in [1.165, 1.54) is 0 Å². The summed E-state index contributed by atoms with van der Waals surface area (Å²) < 4.78 is 0.837. The molecular formula is C13H16BrClN2O. The lowest BCUT2D eigenvalue weighted by Crippen LogP contribution is -2.34. The van der Waals surface area contributed by atoms with E-state index in [1.54, 1.807) is 6.07 Å².